The third kappa shape index (κ3) is 2.42. The normalized spacial score (nSPS) is 29.2. The topological polar surface area (TPSA) is 71.1 Å². The number of anilines is 1. The van der Waals surface area contributed by atoms with Crippen molar-refractivity contribution in [3.63, 3.8) is 0 Å². The summed E-state index contributed by atoms with van der Waals surface area (Å²) < 4.78 is 0. The Labute approximate surface area is 115 Å². The molecule has 1 aromatic heterocycles. The average molecular weight is 279 g/mol. The van der Waals surface area contributed by atoms with Gasteiger partial charge in [0.05, 0.1) is 6.04 Å². The first kappa shape index (κ1) is 12.7. The first-order valence-electron chi connectivity index (χ1n) is 6.66. The number of nitrogens with one attached hydrogen (secondary N) is 2. The van der Waals surface area contributed by atoms with E-state index < -0.39 is 0 Å². The van der Waals surface area contributed by atoms with E-state index in [9.17, 15) is 9.59 Å². The van der Waals surface area contributed by atoms with Crippen molar-refractivity contribution >= 4 is 28.2 Å². The zero-order chi connectivity index (χ0) is 13.4. The van der Waals surface area contributed by atoms with Crippen LogP contribution in [-0.4, -0.2) is 29.3 Å². The fraction of sp³-hybridized carbons (Fsp3) is 0.615. The second kappa shape index (κ2) is 5.02. The highest BCUT2D eigenvalue weighted by molar-refractivity contribution is 7.14. The summed E-state index contributed by atoms with van der Waals surface area (Å²) >= 11 is 1.30. The number of hydrogen-bond acceptors (Lipinski definition) is 5. The van der Waals surface area contributed by atoms with Crippen molar-refractivity contribution in [2.24, 2.45) is 11.8 Å². The van der Waals surface area contributed by atoms with Crippen LogP contribution in [0.25, 0.3) is 0 Å². The maximum absolute atomic E-state index is 12.2. The Balaban J connectivity index is 1.66. The maximum atomic E-state index is 12.2. The minimum absolute atomic E-state index is 0.0150. The molecule has 102 valence electrons. The number of hydrogen-bond donors (Lipinski definition) is 2. The number of Topliss-reactive ketones (excluding diaryl/α,β-unsaturated/α-hetero) is 1. The highest BCUT2D eigenvalue weighted by Gasteiger charge is 2.42. The molecule has 1 saturated heterocycles. The lowest BCUT2D eigenvalue weighted by atomic mass is 9.94. The number of thiazole rings is 1. The van der Waals surface area contributed by atoms with E-state index in [0.29, 0.717) is 22.7 Å². The maximum Gasteiger partial charge on any atom is 0.243 e. The Morgan fingerprint density at radius 1 is 1.47 bits per heavy atom. The zero-order valence-corrected chi connectivity index (χ0v) is 11.6. The molecule has 6 heteroatoms. The van der Waals surface area contributed by atoms with E-state index in [4.69, 9.17) is 0 Å². The average Bonchev–Trinajstić information content (AvgIpc) is 3.03. The van der Waals surface area contributed by atoms with Crippen LogP contribution in [0.2, 0.25) is 0 Å². The molecule has 0 radical (unpaired) electrons. The third-order valence-corrected chi connectivity index (χ3v) is 4.88. The van der Waals surface area contributed by atoms with E-state index in [2.05, 4.69) is 15.6 Å². The van der Waals surface area contributed by atoms with Crippen LogP contribution in [0.1, 0.15) is 36.7 Å². The van der Waals surface area contributed by atoms with Gasteiger partial charge in [0.1, 0.15) is 5.69 Å². The predicted octanol–water partition coefficient (Wildman–Crippen LogP) is 1.67. The summed E-state index contributed by atoms with van der Waals surface area (Å²) in [6.45, 7) is 2.42. The van der Waals surface area contributed by atoms with E-state index in [1.54, 1.807) is 5.38 Å². The molecule has 3 rings (SSSR count). The van der Waals surface area contributed by atoms with Crippen LogP contribution in [0.3, 0.4) is 0 Å². The van der Waals surface area contributed by atoms with Crippen LogP contribution in [0.4, 0.5) is 5.13 Å². The number of carbonyl (C=O) groups is 2. The minimum atomic E-state index is -0.0998. The van der Waals surface area contributed by atoms with Crippen LogP contribution >= 0.6 is 11.3 Å². The molecule has 1 aliphatic carbocycles. The summed E-state index contributed by atoms with van der Waals surface area (Å²) in [5.74, 6) is 1.03. The lowest BCUT2D eigenvalue weighted by Gasteiger charge is -2.16. The number of fused-ring (bicyclic) bond motifs is 1. The molecule has 2 N–H and O–H groups in total. The van der Waals surface area contributed by atoms with Gasteiger partial charge in [0, 0.05) is 12.3 Å². The highest BCUT2D eigenvalue weighted by Crippen LogP contribution is 2.38. The number of carbonyl (C=O) groups excluding carboxylic acids is 2. The van der Waals surface area contributed by atoms with E-state index >= 15 is 0 Å². The molecular weight excluding hydrogens is 262 g/mol. The molecule has 1 amide bonds. The monoisotopic (exact) mass is 279 g/mol. The van der Waals surface area contributed by atoms with Crippen LogP contribution in [0.15, 0.2) is 5.38 Å². The molecule has 2 aliphatic rings. The van der Waals surface area contributed by atoms with Gasteiger partial charge < -0.3 is 10.6 Å². The van der Waals surface area contributed by atoms with E-state index in [-0.39, 0.29) is 17.7 Å². The Hall–Kier alpha value is -1.27. The Morgan fingerprint density at radius 2 is 2.32 bits per heavy atom. The Bertz CT molecular complexity index is 514. The zero-order valence-electron chi connectivity index (χ0n) is 10.8. The Morgan fingerprint density at radius 3 is 3.05 bits per heavy atom. The molecule has 1 saturated carbocycles. The molecule has 0 spiro atoms. The predicted molar refractivity (Wildman–Crippen MR) is 73.4 cm³/mol. The lowest BCUT2D eigenvalue weighted by Crippen LogP contribution is -2.39. The number of rotatable bonds is 3. The van der Waals surface area contributed by atoms with Crippen molar-refractivity contribution in [1.29, 1.82) is 0 Å². The van der Waals surface area contributed by atoms with Crippen molar-refractivity contribution in [3.8, 4) is 0 Å². The van der Waals surface area contributed by atoms with Crippen molar-refractivity contribution in [3.05, 3.63) is 11.1 Å². The van der Waals surface area contributed by atoms with Gasteiger partial charge in [-0.05, 0) is 31.2 Å². The van der Waals surface area contributed by atoms with Gasteiger partial charge in [-0.2, -0.15) is 0 Å². The van der Waals surface area contributed by atoms with Crippen molar-refractivity contribution < 1.29 is 9.59 Å². The van der Waals surface area contributed by atoms with Gasteiger partial charge in [0.15, 0.2) is 10.9 Å². The van der Waals surface area contributed by atoms with Gasteiger partial charge in [0.25, 0.3) is 0 Å². The summed E-state index contributed by atoms with van der Waals surface area (Å²) in [5, 5.41) is 8.32. The Kier molecular flexibility index (Phi) is 3.36. The van der Waals surface area contributed by atoms with Gasteiger partial charge in [0.2, 0.25) is 5.91 Å². The summed E-state index contributed by atoms with van der Waals surface area (Å²) in [7, 11) is 0. The number of aromatic nitrogens is 1. The molecule has 1 aromatic rings. The highest BCUT2D eigenvalue weighted by atomic mass is 32.1. The van der Waals surface area contributed by atoms with Crippen LogP contribution in [0, 0.1) is 11.8 Å². The molecule has 3 unspecified atom stereocenters. The molecule has 3 atom stereocenters. The fourth-order valence-corrected chi connectivity index (χ4v) is 3.90. The number of amides is 1. The smallest absolute Gasteiger partial charge is 0.243 e. The lowest BCUT2D eigenvalue weighted by molar-refractivity contribution is -0.118. The third-order valence-electron chi connectivity index (χ3n) is 4.12. The van der Waals surface area contributed by atoms with Gasteiger partial charge >= 0.3 is 0 Å². The minimum Gasteiger partial charge on any atom is -0.305 e. The summed E-state index contributed by atoms with van der Waals surface area (Å²) in [6, 6.07) is -0.0998. The molecule has 0 bridgehead atoms. The van der Waals surface area contributed by atoms with Crippen molar-refractivity contribution in [1.82, 2.24) is 10.3 Å². The van der Waals surface area contributed by atoms with Crippen LogP contribution in [-0.2, 0) is 4.79 Å². The van der Waals surface area contributed by atoms with Gasteiger partial charge in [-0.3, -0.25) is 9.59 Å². The van der Waals surface area contributed by atoms with Crippen molar-refractivity contribution in [2.75, 3.05) is 11.9 Å². The number of nitrogens with zero attached hydrogens (tertiary/aromatic N) is 1. The second-order valence-electron chi connectivity index (χ2n) is 5.32. The quantitative estimate of drug-likeness (QED) is 0.826. The van der Waals surface area contributed by atoms with E-state index in [0.717, 1.165) is 13.0 Å². The largest absolute Gasteiger partial charge is 0.305 e. The summed E-state index contributed by atoms with van der Waals surface area (Å²) in [5.41, 5.74) is 0.415. The molecule has 19 heavy (non-hydrogen) atoms. The molecule has 1 aliphatic heterocycles. The first-order chi connectivity index (χ1) is 9.15. The molecular formula is C13H17N3O2S. The molecule has 0 aromatic carbocycles. The van der Waals surface area contributed by atoms with Crippen LogP contribution < -0.4 is 10.6 Å². The molecule has 5 nitrogen and oxygen atoms in total. The SMILES string of the molecule is CC(=O)c1csc(NC(=O)C2NCC3CCCC32)n1. The fourth-order valence-electron chi connectivity index (χ4n) is 3.15. The first-order valence-corrected chi connectivity index (χ1v) is 7.54. The number of ketones is 1. The van der Waals surface area contributed by atoms with E-state index in [1.165, 1.54) is 31.1 Å². The standard InChI is InChI=1S/C13H17N3O2S/c1-7(17)10-6-19-13(15-10)16-12(18)11-9-4-2-3-8(9)5-14-11/h6,8-9,11,14H,2-5H2,1H3,(H,15,16,18). The summed E-state index contributed by atoms with van der Waals surface area (Å²) in [6.07, 6.45) is 3.59. The van der Waals surface area contributed by atoms with Crippen molar-refractivity contribution in [2.45, 2.75) is 32.2 Å². The van der Waals surface area contributed by atoms with Gasteiger partial charge in [-0.15, -0.1) is 11.3 Å². The second-order valence-corrected chi connectivity index (χ2v) is 6.18. The van der Waals surface area contributed by atoms with Crippen LogP contribution in [0.5, 0.6) is 0 Å². The van der Waals surface area contributed by atoms with Gasteiger partial charge in [-0.1, -0.05) is 6.42 Å². The van der Waals surface area contributed by atoms with Gasteiger partial charge in [-0.25, -0.2) is 4.98 Å². The molecule has 2 fully saturated rings. The molecule has 2 heterocycles. The summed E-state index contributed by atoms with van der Waals surface area (Å²) in [4.78, 5) is 27.5. The van der Waals surface area contributed by atoms with E-state index in [1.807, 2.05) is 0 Å².